The summed E-state index contributed by atoms with van der Waals surface area (Å²) in [6.45, 7) is 9.26. The summed E-state index contributed by atoms with van der Waals surface area (Å²) < 4.78 is 16.9. The Labute approximate surface area is 164 Å². The van der Waals surface area contributed by atoms with Crippen LogP contribution in [0, 0.1) is 0 Å². The summed E-state index contributed by atoms with van der Waals surface area (Å²) >= 11 is 1.13. The molecule has 0 amide bonds. The molecule has 8 heteroatoms. The van der Waals surface area contributed by atoms with Crippen molar-refractivity contribution in [3.05, 3.63) is 34.8 Å². The molecular weight excluding hydrogens is 367 g/mol. The van der Waals surface area contributed by atoms with Crippen LogP contribution in [0.15, 0.2) is 23.7 Å². The molecule has 0 atom stereocenters. The zero-order chi connectivity index (χ0) is 20.4. The topological polar surface area (TPSA) is 82.1 Å². The van der Waals surface area contributed by atoms with Crippen LogP contribution in [-0.2, 0) is 18.8 Å². The third-order valence-electron chi connectivity index (χ3n) is 4.79. The number of aromatic hydroxyl groups is 1. The van der Waals surface area contributed by atoms with Crippen molar-refractivity contribution >= 4 is 36.0 Å². The first kappa shape index (κ1) is 21.5. The van der Waals surface area contributed by atoms with Crippen LogP contribution in [0.25, 0.3) is 6.08 Å². The lowest BCUT2D eigenvalue weighted by molar-refractivity contribution is -0.109. The van der Waals surface area contributed by atoms with Crippen molar-refractivity contribution in [3.63, 3.8) is 0 Å². The van der Waals surface area contributed by atoms with Crippen LogP contribution >= 0.6 is 11.8 Å². The van der Waals surface area contributed by atoms with Gasteiger partial charge in [-0.05, 0) is 51.4 Å². The number of carbonyl (C=O) groups is 2. The summed E-state index contributed by atoms with van der Waals surface area (Å²) in [5, 5.41) is 10.2. The molecule has 1 heterocycles. The lowest BCUT2D eigenvalue weighted by Gasteiger charge is -2.32. The molecule has 1 N–H and O–H groups in total. The molecule has 0 bridgehead atoms. The number of benzene rings is 1. The van der Waals surface area contributed by atoms with Crippen LogP contribution in [0.2, 0.25) is 0 Å². The number of phenols is 1. The molecule has 27 heavy (non-hydrogen) atoms. The highest BCUT2D eigenvalue weighted by Gasteiger charge is 2.52. The Morgan fingerprint density at radius 2 is 1.81 bits per heavy atom. The molecule has 0 aromatic heterocycles. The van der Waals surface area contributed by atoms with E-state index in [0.29, 0.717) is 22.4 Å². The number of hydrogen-bond donors (Lipinski definition) is 1. The van der Waals surface area contributed by atoms with Crippen molar-refractivity contribution in [3.8, 4) is 5.75 Å². The van der Waals surface area contributed by atoms with Gasteiger partial charge in [-0.25, -0.2) is 4.79 Å². The molecule has 0 spiro atoms. The number of carbonyl (C=O) groups excluding carboxylic acids is 2. The first-order chi connectivity index (χ1) is 12.5. The maximum Gasteiger partial charge on any atom is 0.491 e. The van der Waals surface area contributed by atoms with Crippen molar-refractivity contribution in [2.75, 3.05) is 12.9 Å². The molecule has 1 aromatic rings. The Balaban J connectivity index is 2.43. The van der Waals surface area contributed by atoms with E-state index in [1.165, 1.54) is 32.2 Å². The maximum absolute atomic E-state index is 11.8. The van der Waals surface area contributed by atoms with Gasteiger partial charge in [0.2, 0.25) is 0 Å². The Hall–Kier alpha value is -1.77. The Morgan fingerprint density at radius 3 is 2.33 bits per heavy atom. The zero-order valence-corrected chi connectivity index (χ0v) is 17.3. The Kier molecular flexibility index (Phi) is 6.45. The van der Waals surface area contributed by atoms with Gasteiger partial charge in [0, 0.05) is 18.2 Å². The van der Waals surface area contributed by atoms with E-state index >= 15 is 0 Å². The molecule has 1 aromatic carbocycles. The number of esters is 1. The normalized spacial score (nSPS) is 18.4. The van der Waals surface area contributed by atoms with Crippen LogP contribution in [0.5, 0.6) is 5.75 Å². The molecule has 146 valence electrons. The van der Waals surface area contributed by atoms with E-state index < -0.39 is 24.3 Å². The molecule has 1 saturated heterocycles. The molecule has 0 aliphatic carbocycles. The second kappa shape index (κ2) is 8.08. The van der Waals surface area contributed by atoms with Gasteiger partial charge < -0.3 is 19.2 Å². The van der Waals surface area contributed by atoms with Crippen LogP contribution in [0.1, 0.15) is 50.5 Å². The van der Waals surface area contributed by atoms with Crippen molar-refractivity contribution in [2.24, 2.45) is 0 Å². The van der Waals surface area contributed by atoms with Gasteiger partial charge in [-0.1, -0.05) is 17.8 Å². The van der Waals surface area contributed by atoms with E-state index in [1.54, 1.807) is 6.08 Å². The second-order valence-electron chi connectivity index (χ2n) is 7.35. The lowest BCUT2D eigenvalue weighted by atomic mass is 9.78. The zero-order valence-electron chi connectivity index (χ0n) is 16.5. The Morgan fingerprint density at radius 1 is 1.22 bits per heavy atom. The van der Waals surface area contributed by atoms with Gasteiger partial charge in [-0.3, -0.25) is 4.79 Å². The molecule has 1 aliphatic rings. The van der Waals surface area contributed by atoms with Crippen molar-refractivity contribution < 1.29 is 28.7 Å². The van der Waals surface area contributed by atoms with Gasteiger partial charge in [0.1, 0.15) is 5.75 Å². The van der Waals surface area contributed by atoms with E-state index in [0.717, 1.165) is 11.8 Å². The summed E-state index contributed by atoms with van der Waals surface area (Å²) in [5.41, 5.74) is 0.355. The third-order valence-corrected chi connectivity index (χ3v) is 5.67. The van der Waals surface area contributed by atoms with Crippen molar-refractivity contribution in [1.29, 1.82) is 0 Å². The summed E-state index contributed by atoms with van der Waals surface area (Å²) in [7, 11) is 0.632. The number of hydrogen-bond acceptors (Lipinski definition) is 7. The van der Waals surface area contributed by atoms with Crippen LogP contribution in [0.4, 0.5) is 0 Å². The summed E-state index contributed by atoms with van der Waals surface area (Å²) in [6, 6.07) is 4.44. The first-order valence-electron chi connectivity index (χ1n) is 8.57. The molecule has 0 unspecified atom stereocenters. The quantitative estimate of drug-likeness (QED) is 0.607. The second-order valence-corrected chi connectivity index (χ2v) is 8.51. The third kappa shape index (κ3) is 4.94. The summed E-state index contributed by atoms with van der Waals surface area (Å²) in [5.74, 6) is -0.155. The van der Waals surface area contributed by atoms with E-state index in [4.69, 9.17) is 14.0 Å². The average molecular weight is 392 g/mol. The van der Waals surface area contributed by atoms with Crippen LogP contribution in [-0.4, -0.2) is 47.4 Å². The van der Waals surface area contributed by atoms with Crippen molar-refractivity contribution in [1.82, 2.24) is 0 Å². The first-order valence-corrected chi connectivity index (χ1v) is 9.56. The van der Waals surface area contributed by atoms with Crippen LogP contribution < -0.4 is 0 Å². The van der Waals surface area contributed by atoms with E-state index in [2.05, 4.69) is 0 Å². The smallest absolute Gasteiger partial charge is 0.491 e. The molecule has 0 radical (unpaired) electrons. The fourth-order valence-electron chi connectivity index (χ4n) is 2.47. The minimum atomic E-state index is -0.664. The van der Waals surface area contributed by atoms with Crippen LogP contribution in [0.3, 0.4) is 0 Å². The molecule has 1 fully saturated rings. The molecule has 6 nitrogen and oxygen atoms in total. The minimum Gasteiger partial charge on any atom is -0.507 e. The predicted molar refractivity (Wildman–Crippen MR) is 107 cm³/mol. The van der Waals surface area contributed by atoms with E-state index in [-0.39, 0.29) is 10.9 Å². The van der Waals surface area contributed by atoms with Crippen molar-refractivity contribution in [2.45, 2.75) is 45.8 Å². The highest BCUT2D eigenvalue weighted by Crippen LogP contribution is 2.39. The van der Waals surface area contributed by atoms with Gasteiger partial charge in [-0.2, -0.15) is 0 Å². The lowest BCUT2D eigenvalue weighted by Crippen LogP contribution is -2.41. The Bertz CT molecular complexity index is 755. The van der Waals surface area contributed by atoms with E-state index in [1.807, 2.05) is 27.7 Å². The number of thioether (sulfide) groups is 1. The fourth-order valence-corrected chi connectivity index (χ4v) is 3.06. The van der Waals surface area contributed by atoms with Gasteiger partial charge in [0.25, 0.3) is 0 Å². The largest absolute Gasteiger partial charge is 0.507 e. The molecule has 1 aliphatic heterocycles. The average Bonchev–Trinajstić information content (AvgIpc) is 2.79. The standard InChI is InChI=1S/C19H25BO6S/c1-12(21)27-11-15(20-25-18(2,3)19(4,5)26-20)10-14-9-13(17(23)24-6)7-8-16(14)22/h7-10,22H,11H2,1-6H3. The molecule has 0 saturated carbocycles. The molecule has 2 rings (SSSR count). The maximum atomic E-state index is 11.8. The van der Waals surface area contributed by atoms with Gasteiger partial charge >= 0.3 is 13.1 Å². The highest BCUT2D eigenvalue weighted by molar-refractivity contribution is 8.13. The van der Waals surface area contributed by atoms with Gasteiger partial charge in [0.05, 0.1) is 23.9 Å². The van der Waals surface area contributed by atoms with E-state index in [9.17, 15) is 14.7 Å². The fraction of sp³-hybridized carbons (Fsp3) is 0.474. The number of ether oxygens (including phenoxy) is 1. The number of phenolic OH excluding ortho intramolecular Hbond substituents is 1. The van der Waals surface area contributed by atoms with Gasteiger partial charge in [0.15, 0.2) is 5.12 Å². The monoisotopic (exact) mass is 392 g/mol. The highest BCUT2D eigenvalue weighted by atomic mass is 32.2. The predicted octanol–water partition coefficient (Wildman–Crippen LogP) is 3.47. The molecular formula is C19H25BO6S. The minimum absolute atomic E-state index is 0.00416. The summed E-state index contributed by atoms with van der Waals surface area (Å²) in [4.78, 5) is 23.2. The number of rotatable bonds is 5. The number of methoxy groups -OCH3 is 1. The SMILES string of the molecule is COC(=O)c1ccc(O)c(C=C(CSC(C)=O)B2OC(C)(C)C(C)(C)O2)c1. The van der Waals surface area contributed by atoms with Gasteiger partial charge in [-0.15, -0.1) is 0 Å². The summed E-state index contributed by atoms with van der Waals surface area (Å²) in [6.07, 6.45) is 1.69.